The van der Waals surface area contributed by atoms with Gasteiger partial charge >= 0.3 is 0 Å². The van der Waals surface area contributed by atoms with Gasteiger partial charge in [0, 0.05) is 0 Å². The number of amides is 1. The van der Waals surface area contributed by atoms with Gasteiger partial charge in [-0.2, -0.15) is 0 Å². The molecule has 2 aromatic rings. The summed E-state index contributed by atoms with van der Waals surface area (Å²) in [6, 6.07) is 5.33. The Morgan fingerprint density at radius 3 is 2.64 bits per heavy atom. The van der Waals surface area contributed by atoms with Crippen LogP contribution in [0.2, 0.25) is 5.02 Å². The minimum atomic E-state index is -1.25. The van der Waals surface area contributed by atoms with Crippen molar-refractivity contribution in [2.45, 2.75) is 12.8 Å². The SMILES string of the molecule is O=C(NOCC1CC1)c1ccc(F)c(F)c1Nc1ccc(F)cc1Cl. The van der Waals surface area contributed by atoms with Crippen LogP contribution in [0.4, 0.5) is 24.5 Å². The maximum absolute atomic E-state index is 14.2. The molecule has 1 saturated carbocycles. The molecule has 0 bridgehead atoms. The Labute approximate surface area is 146 Å². The normalized spacial score (nSPS) is 13.6. The lowest BCUT2D eigenvalue weighted by Gasteiger charge is -2.14. The summed E-state index contributed by atoms with van der Waals surface area (Å²) >= 11 is 5.88. The van der Waals surface area contributed by atoms with Gasteiger partial charge in [0.05, 0.1) is 28.6 Å². The molecule has 0 heterocycles. The largest absolute Gasteiger partial charge is 0.351 e. The molecule has 25 heavy (non-hydrogen) atoms. The number of hydrogen-bond acceptors (Lipinski definition) is 3. The van der Waals surface area contributed by atoms with E-state index in [1.165, 1.54) is 6.07 Å². The molecule has 0 radical (unpaired) electrons. The zero-order valence-electron chi connectivity index (χ0n) is 12.9. The van der Waals surface area contributed by atoms with Gasteiger partial charge in [-0.15, -0.1) is 0 Å². The summed E-state index contributed by atoms with van der Waals surface area (Å²) in [5, 5.41) is 2.50. The number of hydroxylamine groups is 1. The minimum absolute atomic E-state index is 0.0417. The third kappa shape index (κ3) is 4.24. The molecule has 0 atom stereocenters. The summed E-state index contributed by atoms with van der Waals surface area (Å²) in [4.78, 5) is 17.3. The number of carbonyl (C=O) groups excluding carboxylic acids is 1. The molecule has 1 aliphatic carbocycles. The Balaban J connectivity index is 1.85. The molecule has 0 unspecified atom stereocenters. The first-order valence-corrected chi connectivity index (χ1v) is 7.95. The molecule has 2 N–H and O–H groups in total. The highest BCUT2D eigenvalue weighted by molar-refractivity contribution is 6.33. The van der Waals surface area contributed by atoms with Crippen molar-refractivity contribution in [2.24, 2.45) is 5.92 Å². The van der Waals surface area contributed by atoms with Crippen LogP contribution in [0.15, 0.2) is 30.3 Å². The number of rotatable bonds is 6. The van der Waals surface area contributed by atoms with Gasteiger partial charge in [0.2, 0.25) is 0 Å². The second-order valence-electron chi connectivity index (χ2n) is 5.72. The van der Waals surface area contributed by atoms with Crippen LogP contribution in [0.3, 0.4) is 0 Å². The molecule has 0 spiro atoms. The fourth-order valence-corrected chi connectivity index (χ4v) is 2.37. The predicted molar refractivity (Wildman–Crippen MR) is 87.2 cm³/mol. The smallest absolute Gasteiger partial charge is 0.277 e. The van der Waals surface area contributed by atoms with E-state index in [-0.39, 0.29) is 16.3 Å². The van der Waals surface area contributed by atoms with Crippen LogP contribution in [0.5, 0.6) is 0 Å². The number of halogens is 4. The third-order valence-corrected chi connectivity index (χ3v) is 4.02. The van der Waals surface area contributed by atoms with E-state index in [0.29, 0.717) is 12.5 Å². The molecule has 0 aromatic heterocycles. The molecule has 8 heteroatoms. The molecule has 4 nitrogen and oxygen atoms in total. The van der Waals surface area contributed by atoms with Crippen molar-refractivity contribution in [2.75, 3.05) is 11.9 Å². The van der Waals surface area contributed by atoms with Gasteiger partial charge in [-0.1, -0.05) is 11.6 Å². The lowest BCUT2D eigenvalue weighted by molar-refractivity contribution is 0.0270. The van der Waals surface area contributed by atoms with Crippen molar-refractivity contribution >= 4 is 28.9 Å². The predicted octanol–water partition coefficient (Wildman–Crippen LogP) is 4.57. The number of nitrogens with one attached hydrogen (secondary N) is 2. The average molecular weight is 371 g/mol. The Hall–Kier alpha value is -2.25. The lowest BCUT2D eigenvalue weighted by atomic mass is 10.1. The maximum Gasteiger partial charge on any atom is 0.277 e. The summed E-state index contributed by atoms with van der Waals surface area (Å²) < 4.78 is 40.9. The summed E-state index contributed by atoms with van der Waals surface area (Å²) in [5.74, 6) is -3.30. The van der Waals surface area contributed by atoms with Gasteiger partial charge in [-0.3, -0.25) is 9.63 Å². The molecular weight excluding hydrogens is 357 g/mol. The molecule has 1 amide bonds. The van der Waals surface area contributed by atoms with Crippen LogP contribution in [0.25, 0.3) is 0 Å². The fraction of sp³-hybridized carbons (Fsp3) is 0.235. The zero-order valence-corrected chi connectivity index (χ0v) is 13.7. The molecule has 1 aliphatic rings. The second kappa shape index (κ2) is 7.33. The van der Waals surface area contributed by atoms with Crippen LogP contribution < -0.4 is 10.8 Å². The van der Waals surface area contributed by atoms with Crippen molar-refractivity contribution in [3.8, 4) is 0 Å². The van der Waals surface area contributed by atoms with E-state index in [2.05, 4.69) is 10.8 Å². The highest BCUT2D eigenvalue weighted by Gasteiger charge is 2.23. The molecule has 2 aromatic carbocycles. The van der Waals surface area contributed by atoms with Crippen molar-refractivity contribution < 1.29 is 22.8 Å². The van der Waals surface area contributed by atoms with Gasteiger partial charge in [0.1, 0.15) is 5.82 Å². The van der Waals surface area contributed by atoms with E-state index < -0.39 is 29.0 Å². The van der Waals surface area contributed by atoms with Crippen molar-refractivity contribution in [1.82, 2.24) is 5.48 Å². The Kier molecular flexibility index (Phi) is 5.15. The lowest BCUT2D eigenvalue weighted by Crippen LogP contribution is -2.26. The molecular formula is C17H14ClF3N2O2. The first-order chi connectivity index (χ1) is 12.0. The molecule has 0 saturated heterocycles. The third-order valence-electron chi connectivity index (χ3n) is 3.71. The van der Waals surface area contributed by atoms with Gasteiger partial charge in [-0.25, -0.2) is 18.7 Å². The van der Waals surface area contributed by atoms with Crippen LogP contribution in [-0.4, -0.2) is 12.5 Å². The number of anilines is 2. The zero-order chi connectivity index (χ0) is 18.0. The fourth-order valence-electron chi connectivity index (χ4n) is 2.15. The first-order valence-electron chi connectivity index (χ1n) is 7.58. The molecule has 3 rings (SSSR count). The van der Waals surface area contributed by atoms with Crippen LogP contribution in [0.1, 0.15) is 23.2 Å². The topological polar surface area (TPSA) is 50.4 Å². The second-order valence-corrected chi connectivity index (χ2v) is 6.13. The van der Waals surface area contributed by atoms with Gasteiger partial charge in [-0.05, 0) is 49.1 Å². The van der Waals surface area contributed by atoms with E-state index in [0.717, 1.165) is 37.1 Å². The van der Waals surface area contributed by atoms with E-state index in [4.69, 9.17) is 16.4 Å². The average Bonchev–Trinajstić information content (AvgIpc) is 3.38. The Bertz CT molecular complexity index is 813. The quantitative estimate of drug-likeness (QED) is 0.732. The molecule has 1 fully saturated rings. The monoisotopic (exact) mass is 370 g/mol. The maximum atomic E-state index is 14.2. The minimum Gasteiger partial charge on any atom is -0.351 e. The molecule has 0 aliphatic heterocycles. The Morgan fingerprint density at radius 2 is 1.96 bits per heavy atom. The van der Waals surface area contributed by atoms with Crippen LogP contribution in [0, 0.1) is 23.4 Å². The number of benzene rings is 2. The summed E-state index contributed by atoms with van der Waals surface area (Å²) in [5.41, 5.74) is 1.74. The highest BCUT2D eigenvalue weighted by atomic mass is 35.5. The van der Waals surface area contributed by atoms with Crippen molar-refractivity contribution in [1.29, 1.82) is 0 Å². The number of hydrogen-bond donors (Lipinski definition) is 2. The van der Waals surface area contributed by atoms with Crippen LogP contribution >= 0.6 is 11.6 Å². The van der Waals surface area contributed by atoms with Crippen molar-refractivity contribution in [3.05, 3.63) is 58.4 Å². The first kappa shape index (κ1) is 17.6. The van der Waals surface area contributed by atoms with Crippen LogP contribution in [-0.2, 0) is 4.84 Å². The summed E-state index contributed by atoms with van der Waals surface area (Å²) in [6.07, 6.45) is 2.08. The molecule has 132 valence electrons. The van der Waals surface area contributed by atoms with E-state index in [1.54, 1.807) is 0 Å². The highest BCUT2D eigenvalue weighted by Crippen LogP contribution is 2.31. The number of carbonyl (C=O) groups is 1. The van der Waals surface area contributed by atoms with E-state index in [1.807, 2.05) is 0 Å². The Morgan fingerprint density at radius 1 is 1.20 bits per heavy atom. The van der Waals surface area contributed by atoms with Crippen molar-refractivity contribution in [3.63, 3.8) is 0 Å². The van der Waals surface area contributed by atoms with E-state index in [9.17, 15) is 18.0 Å². The van der Waals surface area contributed by atoms with Gasteiger partial charge in [0.15, 0.2) is 11.6 Å². The standard InChI is InChI=1S/C17H14ClF3N2O2/c18-12-7-10(19)3-6-14(12)22-16-11(4-5-13(20)15(16)21)17(24)23-25-8-9-1-2-9/h3-7,9,22H,1-2,8H2,(H,23,24). The summed E-state index contributed by atoms with van der Waals surface area (Å²) in [7, 11) is 0. The van der Waals surface area contributed by atoms with Gasteiger partial charge < -0.3 is 5.32 Å². The summed E-state index contributed by atoms with van der Waals surface area (Å²) in [6.45, 7) is 0.363. The van der Waals surface area contributed by atoms with Gasteiger partial charge in [0.25, 0.3) is 5.91 Å². The van der Waals surface area contributed by atoms with E-state index >= 15 is 0 Å².